The number of aliphatic hydroxyl groups excluding tert-OH is 1. The van der Waals surface area contributed by atoms with Crippen LogP contribution in [0.5, 0.6) is 0 Å². The molecule has 0 aromatic rings. The first kappa shape index (κ1) is 51.0. The Morgan fingerprint density at radius 1 is 0.654 bits per heavy atom. The summed E-state index contributed by atoms with van der Waals surface area (Å²) in [5.74, 6) is -0.193. The number of phosphoric ester groups is 1. The van der Waals surface area contributed by atoms with Crippen LogP contribution >= 0.6 is 7.82 Å². The number of nitrogens with zero attached hydrogens (tertiary/aromatic N) is 1. The Balaban J connectivity index is 4.37. The van der Waals surface area contributed by atoms with Gasteiger partial charge in [-0.2, -0.15) is 0 Å². The predicted molar refractivity (Wildman–Crippen MR) is 221 cm³/mol. The molecule has 308 valence electrons. The minimum Gasteiger partial charge on any atom is -0.387 e. The van der Waals surface area contributed by atoms with E-state index in [1.54, 1.807) is 12.2 Å². The lowest BCUT2D eigenvalue weighted by Gasteiger charge is -2.25. The van der Waals surface area contributed by atoms with E-state index in [-0.39, 0.29) is 19.1 Å². The number of allylic oxidation sites excluding steroid dienone is 3. The molecule has 1 unspecified atom stereocenters. The van der Waals surface area contributed by atoms with E-state index < -0.39 is 20.0 Å². The number of unbranched alkanes of at least 4 members (excludes halogenated alkanes) is 25. The van der Waals surface area contributed by atoms with Crippen LogP contribution in [0, 0.1) is 0 Å². The van der Waals surface area contributed by atoms with Crippen molar-refractivity contribution >= 4 is 13.7 Å². The van der Waals surface area contributed by atoms with Crippen molar-refractivity contribution in [2.45, 2.75) is 206 Å². The molecule has 0 rings (SSSR count). The molecule has 0 saturated carbocycles. The van der Waals surface area contributed by atoms with E-state index in [9.17, 15) is 19.4 Å². The second kappa shape index (κ2) is 35.7. The van der Waals surface area contributed by atoms with Crippen molar-refractivity contribution in [1.29, 1.82) is 0 Å². The number of likely N-dealkylation sites (N-methyl/N-ethyl adjacent to an activating group) is 1. The Bertz CT molecular complexity index is 907. The number of carbonyl (C=O) groups is 1. The second-order valence-electron chi connectivity index (χ2n) is 16.1. The molecular weight excluding hydrogens is 671 g/mol. The molecule has 1 amide bonds. The van der Waals surface area contributed by atoms with Crippen molar-refractivity contribution in [1.82, 2.24) is 5.32 Å². The van der Waals surface area contributed by atoms with Gasteiger partial charge in [0.25, 0.3) is 0 Å². The Kier molecular flexibility index (Phi) is 35.0. The molecule has 0 aliphatic heterocycles. The summed E-state index contributed by atoms with van der Waals surface area (Å²) in [6.45, 7) is 4.76. The average molecular weight is 758 g/mol. The summed E-state index contributed by atoms with van der Waals surface area (Å²) < 4.78 is 23.5. The molecule has 3 atom stereocenters. The second-order valence-corrected chi connectivity index (χ2v) is 17.6. The van der Waals surface area contributed by atoms with E-state index in [1.807, 2.05) is 27.2 Å². The molecule has 0 bridgehead atoms. The molecule has 52 heavy (non-hydrogen) atoms. The fourth-order valence-electron chi connectivity index (χ4n) is 6.22. The van der Waals surface area contributed by atoms with Crippen LogP contribution in [0.25, 0.3) is 0 Å². The smallest absolute Gasteiger partial charge is 0.387 e. The zero-order chi connectivity index (χ0) is 38.6. The van der Waals surface area contributed by atoms with E-state index in [4.69, 9.17) is 9.05 Å². The highest BCUT2D eigenvalue weighted by molar-refractivity contribution is 7.47. The SMILES string of the molecule is CCCCCCCCC/C=C/C=C/[C@@H](O)[C@H](COP(=O)(O)OCC[N+](C)(C)C)NC(=O)CCCCCCCCCCCCCCCCCCCCC. The van der Waals surface area contributed by atoms with Crippen molar-refractivity contribution in [2.75, 3.05) is 40.9 Å². The molecule has 0 aliphatic carbocycles. The van der Waals surface area contributed by atoms with Crippen LogP contribution < -0.4 is 5.32 Å². The number of carbonyl (C=O) groups excluding carboxylic acids is 1. The summed E-state index contributed by atoms with van der Waals surface area (Å²) in [6.07, 6.45) is 41.2. The maximum absolute atomic E-state index is 12.8. The summed E-state index contributed by atoms with van der Waals surface area (Å²) >= 11 is 0. The Morgan fingerprint density at radius 3 is 1.52 bits per heavy atom. The van der Waals surface area contributed by atoms with Crippen LogP contribution in [0.15, 0.2) is 24.3 Å². The Hall–Kier alpha value is -1.02. The first-order valence-corrected chi connectivity index (χ1v) is 23.2. The van der Waals surface area contributed by atoms with Crippen LogP contribution in [-0.4, -0.2) is 73.4 Å². The number of quaternary nitrogens is 1. The van der Waals surface area contributed by atoms with Gasteiger partial charge in [0, 0.05) is 6.42 Å². The molecular formula is C43H86N2O6P+. The van der Waals surface area contributed by atoms with Gasteiger partial charge in [-0.25, -0.2) is 4.57 Å². The number of hydrogen-bond donors (Lipinski definition) is 3. The largest absolute Gasteiger partial charge is 0.472 e. The quantitative estimate of drug-likeness (QED) is 0.0250. The Morgan fingerprint density at radius 2 is 1.08 bits per heavy atom. The van der Waals surface area contributed by atoms with Crippen molar-refractivity contribution in [2.24, 2.45) is 0 Å². The fourth-order valence-corrected chi connectivity index (χ4v) is 6.95. The third-order valence-corrected chi connectivity index (χ3v) is 10.7. The van der Waals surface area contributed by atoms with Crippen LogP contribution in [0.1, 0.15) is 194 Å². The standard InChI is InChI=1S/C43H85N2O6P/c1-6-8-10-12-14-16-18-19-20-21-22-23-24-25-27-29-31-33-35-37-43(47)44-41(40-51-52(48,49)50-39-38-45(3,4)5)42(46)36-34-32-30-28-26-17-15-13-11-9-7-2/h30,32,34,36,41-42,46H,6-29,31,33,35,37-40H2,1-5H3,(H-,44,47,48,49)/p+1/b32-30+,36-34+/t41-,42+/m0/s1. The topological polar surface area (TPSA) is 105 Å². The molecule has 0 heterocycles. The molecule has 0 spiro atoms. The molecule has 0 saturated heterocycles. The van der Waals surface area contributed by atoms with Gasteiger partial charge in [0.15, 0.2) is 0 Å². The number of amides is 1. The van der Waals surface area contributed by atoms with Gasteiger partial charge in [0.1, 0.15) is 13.2 Å². The third-order valence-electron chi connectivity index (χ3n) is 9.73. The van der Waals surface area contributed by atoms with E-state index in [0.717, 1.165) is 32.1 Å². The van der Waals surface area contributed by atoms with Gasteiger partial charge < -0.3 is 19.8 Å². The van der Waals surface area contributed by atoms with Crippen molar-refractivity contribution in [3.05, 3.63) is 24.3 Å². The molecule has 3 N–H and O–H groups in total. The molecule has 0 aliphatic rings. The number of phosphoric acid groups is 1. The van der Waals surface area contributed by atoms with E-state index in [1.165, 1.54) is 141 Å². The minimum absolute atomic E-state index is 0.0553. The van der Waals surface area contributed by atoms with E-state index >= 15 is 0 Å². The first-order chi connectivity index (χ1) is 25.0. The number of rotatable bonds is 39. The number of nitrogens with one attached hydrogen (secondary N) is 1. The summed E-state index contributed by atoms with van der Waals surface area (Å²) in [6, 6.07) is -0.872. The van der Waals surface area contributed by atoms with Gasteiger partial charge >= 0.3 is 7.82 Å². The fraction of sp³-hybridized carbons (Fsp3) is 0.884. The lowest BCUT2D eigenvalue weighted by molar-refractivity contribution is -0.870. The van der Waals surface area contributed by atoms with Crippen LogP contribution in [0.2, 0.25) is 0 Å². The van der Waals surface area contributed by atoms with Gasteiger partial charge in [-0.05, 0) is 19.3 Å². The normalized spacial score (nSPS) is 14.7. The van der Waals surface area contributed by atoms with Gasteiger partial charge in [-0.1, -0.05) is 192 Å². The predicted octanol–water partition coefficient (Wildman–Crippen LogP) is 11.7. The maximum atomic E-state index is 12.8. The third kappa shape index (κ3) is 37.3. The highest BCUT2D eigenvalue weighted by atomic mass is 31.2. The lowest BCUT2D eigenvalue weighted by atomic mass is 10.0. The minimum atomic E-state index is -4.34. The van der Waals surface area contributed by atoms with Gasteiger partial charge in [0.2, 0.25) is 5.91 Å². The molecule has 0 fully saturated rings. The number of hydrogen-bond acceptors (Lipinski definition) is 5. The summed E-state index contributed by atoms with van der Waals surface area (Å²) in [4.78, 5) is 23.0. The van der Waals surface area contributed by atoms with Crippen molar-refractivity contribution in [3.63, 3.8) is 0 Å². The lowest BCUT2D eigenvalue weighted by Crippen LogP contribution is -2.45. The van der Waals surface area contributed by atoms with E-state index in [0.29, 0.717) is 17.4 Å². The summed E-state index contributed by atoms with van der Waals surface area (Å²) in [5, 5.41) is 13.7. The van der Waals surface area contributed by atoms with E-state index in [2.05, 4.69) is 25.2 Å². The highest BCUT2D eigenvalue weighted by Gasteiger charge is 2.27. The van der Waals surface area contributed by atoms with Gasteiger partial charge in [-0.15, -0.1) is 0 Å². The molecule has 0 aromatic heterocycles. The zero-order valence-corrected chi connectivity index (χ0v) is 35.7. The zero-order valence-electron chi connectivity index (χ0n) is 34.8. The summed E-state index contributed by atoms with van der Waals surface area (Å²) in [5.41, 5.74) is 0. The molecule has 0 aromatic carbocycles. The van der Waals surface area contributed by atoms with Crippen LogP contribution in [0.4, 0.5) is 0 Å². The van der Waals surface area contributed by atoms with Crippen LogP contribution in [-0.2, 0) is 18.4 Å². The monoisotopic (exact) mass is 758 g/mol. The average Bonchev–Trinajstić information content (AvgIpc) is 3.09. The Labute approximate surface area is 322 Å². The van der Waals surface area contributed by atoms with Crippen molar-refractivity contribution < 1.29 is 32.9 Å². The highest BCUT2D eigenvalue weighted by Crippen LogP contribution is 2.43. The van der Waals surface area contributed by atoms with Gasteiger partial charge in [-0.3, -0.25) is 13.8 Å². The first-order valence-electron chi connectivity index (χ1n) is 21.7. The van der Waals surface area contributed by atoms with Crippen molar-refractivity contribution in [3.8, 4) is 0 Å². The molecule has 9 heteroatoms. The summed E-state index contributed by atoms with van der Waals surface area (Å²) in [7, 11) is 1.55. The molecule has 0 radical (unpaired) electrons. The van der Waals surface area contributed by atoms with Crippen LogP contribution in [0.3, 0.4) is 0 Å². The maximum Gasteiger partial charge on any atom is 0.472 e. The van der Waals surface area contributed by atoms with Gasteiger partial charge in [0.05, 0.1) is 39.9 Å². The molecule has 8 nitrogen and oxygen atoms in total. The number of aliphatic hydroxyl groups is 1.